The molecule has 0 bridgehead atoms. The van der Waals surface area contributed by atoms with Crippen LogP contribution in [0, 0.1) is 0 Å². The number of hydrogen-bond donors (Lipinski definition) is 2. The van der Waals surface area contributed by atoms with Crippen molar-refractivity contribution in [2.45, 2.75) is 31.7 Å². The second-order valence-electron chi connectivity index (χ2n) is 4.83. The third kappa shape index (κ3) is 2.35. The molecule has 92 valence electrons. The Morgan fingerprint density at radius 3 is 2.71 bits per heavy atom. The average molecular weight is 234 g/mol. The van der Waals surface area contributed by atoms with Crippen LogP contribution in [-0.4, -0.2) is 18.6 Å². The van der Waals surface area contributed by atoms with Crippen molar-refractivity contribution < 1.29 is 9.53 Å². The smallest absolute Gasteiger partial charge is 0.337 e. The highest BCUT2D eigenvalue weighted by molar-refractivity contribution is 5.92. The van der Waals surface area contributed by atoms with Crippen LogP contribution in [0.1, 0.15) is 36.5 Å². The maximum Gasteiger partial charge on any atom is 0.337 e. The van der Waals surface area contributed by atoms with E-state index in [9.17, 15) is 4.79 Å². The number of rotatable bonds is 3. The Kier molecular flexibility index (Phi) is 2.96. The Hall–Kier alpha value is -1.71. The molecular weight excluding hydrogens is 216 g/mol. The molecule has 17 heavy (non-hydrogen) atoms. The van der Waals surface area contributed by atoms with Crippen LogP contribution in [0.25, 0.3) is 0 Å². The molecule has 1 aromatic carbocycles. The number of methoxy groups -OCH3 is 1. The van der Waals surface area contributed by atoms with Crippen molar-refractivity contribution in [3.05, 3.63) is 23.8 Å². The fourth-order valence-electron chi connectivity index (χ4n) is 2.07. The van der Waals surface area contributed by atoms with Crippen LogP contribution in [0.2, 0.25) is 0 Å². The quantitative estimate of drug-likeness (QED) is 0.622. The average Bonchev–Trinajstić information content (AvgIpc) is 2.29. The van der Waals surface area contributed by atoms with Crippen LogP contribution in [-0.2, 0) is 4.74 Å². The van der Waals surface area contributed by atoms with E-state index >= 15 is 0 Å². The lowest BCUT2D eigenvalue weighted by Crippen LogP contribution is -2.41. The monoisotopic (exact) mass is 234 g/mol. The van der Waals surface area contributed by atoms with Crippen molar-refractivity contribution in [1.29, 1.82) is 0 Å². The predicted molar refractivity (Wildman–Crippen MR) is 68.1 cm³/mol. The molecule has 0 aliphatic heterocycles. The van der Waals surface area contributed by atoms with Gasteiger partial charge in [-0.25, -0.2) is 4.79 Å². The first-order chi connectivity index (χ1) is 8.04. The molecule has 0 amide bonds. The van der Waals surface area contributed by atoms with Crippen LogP contribution >= 0.6 is 0 Å². The van der Waals surface area contributed by atoms with Crippen molar-refractivity contribution in [3.8, 4) is 0 Å². The van der Waals surface area contributed by atoms with E-state index in [0.717, 1.165) is 18.5 Å². The highest BCUT2D eigenvalue weighted by Crippen LogP contribution is 2.36. The third-order valence-electron chi connectivity index (χ3n) is 3.37. The normalized spacial score (nSPS) is 17.1. The Bertz CT molecular complexity index is 439. The third-order valence-corrected chi connectivity index (χ3v) is 3.37. The summed E-state index contributed by atoms with van der Waals surface area (Å²) in [6.45, 7) is 2.17. The minimum absolute atomic E-state index is 0.114. The zero-order valence-corrected chi connectivity index (χ0v) is 10.2. The highest BCUT2D eigenvalue weighted by atomic mass is 16.5. The molecule has 1 aliphatic carbocycles. The van der Waals surface area contributed by atoms with Gasteiger partial charge in [0.15, 0.2) is 0 Å². The van der Waals surface area contributed by atoms with Gasteiger partial charge in [0.2, 0.25) is 0 Å². The second kappa shape index (κ2) is 4.28. The molecule has 4 heteroatoms. The number of anilines is 2. The van der Waals surface area contributed by atoms with Crippen LogP contribution in [0.5, 0.6) is 0 Å². The lowest BCUT2D eigenvalue weighted by atomic mass is 9.78. The number of hydrogen-bond acceptors (Lipinski definition) is 4. The van der Waals surface area contributed by atoms with E-state index in [0.29, 0.717) is 11.3 Å². The Labute approximate surface area is 101 Å². The second-order valence-corrected chi connectivity index (χ2v) is 4.83. The van der Waals surface area contributed by atoms with Gasteiger partial charge >= 0.3 is 5.97 Å². The van der Waals surface area contributed by atoms with E-state index in [1.165, 1.54) is 13.5 Å². The molecule has 1 saturated carbocycles. The highest BCUT2D eigenvalue weighted by Gasteiger charge is 2.31. The molecule has 0 unspecified atom stereocenters. The van der Waals surface area contributed by atoms with E-state index in [1.807, 2.05) is 0 Å². The molecule has 0 atom stereocenters. The fourth-order valence-corrected chi connectivity index (χ4v) is 2.07. The van der Waals surface area contributed by atoms with Gasteiger partial charge in [0.1, 0.15) is 0 Å². The maximum atomic E-state index is 11.4. The summed E-state index contributed by atoms with van der Waals surface area (Å²) >= 11 is 0. The summed E-state index contributed by atoms with van der Waals surface area (Å²) in [5.74, 6) is -0.341. The van der Waals surface area contributed by atoms with Crippen LogP contribution in [0.3, 0.4) is 0 Å². The molecule has 0 radical (unpaired) electrons. The molecule has 1 fully saturated rings. The van der Waals surface area contributed by atoms with E-state index in [1.54, 1.807) is 18.2 Å². The summed E-state index contributed by atoms with van der Waals surface area (Å²) in [4.78, 5) is 11.4. The lowest BCUT2D eigenvalue weighted by molar-refractivity contribution is 0.0601. The first kappa shape index (κ1) is 11.8. The minimum Gasteiger partial charge on any atom is -0.465 e. The summed E-state index contributed by atoms with van der Waals surface area (Å²) < 4.78 is 4.69. The Morgan fingerprint density at radius 2 is 2.18 bits per heavy atom. The minimum atomic E-state index is -0.341. The lowest BCUT2D eigenvalue weighted by Gasteiger charge is -2.40. The molecule has 4 nitrogen and oxygen atoms in total. The van der Waals surface area contributed by atoms with Crippen molar-refractivity contribution in [2.24, 2.45) is 0 Å². The number of nitrogen functional groups attached to an aromatic ring is 1. The van der Waals surface area contributed by atoms with Gasteiger partial charge in [-0.05, 0) is 44.4 Å². The van der Waals surface area contributed by atoms with E-state index in [4.69, 9.17) is 10.5 Å². The summed E-state index contributed by atoms with van der Waals surface area (Å²) in [7, 11) is 1.37. The van der Waals surface area contributed by atoms with Crippen LogP contribution in [0.4, 0.5) is 11.4 Å². The van der Waals surface area contributed by atoms with Crippen molar-refractivity contribution in [2.75, 3.05) is 18.2 Å². The van der Waals surface area contributed by atoms with Gasteiger partial charge in [0.25, 0.3) is 0 Å². The summed E-state index contributed by atoms with van der Waals surface area (Å²) in [5.41, 5.74) is 8.01. The Balaban J connectivity index is 2.23. The van der Waals surface area contributed by atoms with Gasteiger partial charge in [0.05, 0.1) is 24.0 Å². The summed E-state index contributed by atoms with van der Waals surface area (Å²) in [6, 6.07) is 5.16. The van der Waals surface area contributed by atoms with E-state index in [2.05, 4.69) is 12.2 Å². The topological polar surface area (TPSA) is 64.3 Å². The predicted octanol–water partition coefficient (Wildman–Crippen LogP) is 2.41. The van der Waals surface area contributed by atoms with E-state index < -0.39 is 0 Å². The number of carbonyl (C=O) groups excluding carboxylic acids is 1. The maximum absolute atomic E-state index is 11.4. The zero-order chi connectivity index (χ0) is 12.5. The number of esters is 1. The van der Waals surface area contributed by atoms with Gasteiger partial charge in [-0.15, -0.1) is 0 Å². The molecule has 3 N–H and O–H groups in total. The van der Waals surface area contributed by atoms with Crippen LogP contribution < -0.4 is 11.1 Å². The van der Waals surface area contributed by atoms with Gasteiger partial charge < -0.3 is 15.8 Å². The van der Waals surface area contributed by atoms with Gasteiger partial charge in [0, 0.05) is 5.54 Å². The summed E-state index contributed by atoms with van der Waals surface area (Å²) in [5, 5.41) is 3.41. The molecule has 0 aromatic heterocycles. The number of carbonyl (C=O) groups is 1. The van der Waals surface area contributed by atoms with E-state index in [-0.39, 0.29) is 11.5 Å². The Morgan fingerprint density at radius 1 is 1.47 bits per heavy atom. The molecule has 1 aliphatic rings. The van der Waals surface area contributed by atoms with Gasteiger partial charge in [-0.3, -0.25) is 0 Å². The zero-order valence-electron chi connectivity index (χ0n) is 10.2. The number of benzene rings is 1. The van der Waals surface area contributed by atoms with Crippen molar-refractivity contribution in [3.63, 3.8) is 0 Å². The molecule has 0 saturated heterocycles. The SMILES string of the molecule is COC(=O)c1ccc(N)c(NC2(C)CCC2)c1. The first-order valence-electron chi connectivity index (χ1n) is 5.80. The molecule has 1 aromatic rings. The standard InChI is InChI=1S/C13H18N2O2/c1-13(6-3-7-13)15-11-8-9(12(16)17-2)4-5-10(11)14/h4-5,8,15H,3,6-7,14H2,1-2H3. The molecule has 2 rings (SSSR count). The number of ether oxygens (including phenoxy) is 1. The molecule has 0 spiro atoms. The van der Waals surface area contributed by atoms with Crippen molar-refractivity contribution in [1.82, 2.24) is 0 Å². The number of nitrogens with two attached hydrogens (primary N) is 1. The summed E-state index contributed by atoms with van der Waals surface area (Å²) in [6.07, 6.45) is 3.50. The number of nitrogens with one attached hydrogen (secondary N) is 1. The fraction of sp³-hybridized carbons (Fsp3) is 0.462. The van der Waals surface area contributed by atoms with Crippen LogP contribution in [0.15, 0.2) is 18.2 Å². The van der Waals surface area contributed by atoms with Gasteiger partial charge in [-0.2, -0.15) is 0 Å². The van der Waals surface area contributed by atoms with Crippen molar-refractivity contribution >= 4 is 17.3 Å². The molecule has 0 heterocycles. The van der Waals surface area contributed by atoms with Gasteiger partial charge in [-0.1, -0.05) is 0 Å². The largest absolute Gasteiger partial charge is 0.465 e. The molecular formula is C13H18N2O2. The first-order valence-corrected chi connectivity index (χ1v) is 5.80.